The summed E-state index contributed by atoms with van der Waals surface area (Å²) in [5.41, 5.74) is 3.10. The molecular weight excluding hydrogens is 406 g/mol. The van der Waals surface area contributed by atoms with E-state index < -0.39 is 6.09 Å². The molecule has 8 heteroatoms. The average Bonchev–Trinajstić information content (AvgIpc) is 3.06. The maximum atomic E-state index is 12.5. The molecule has 0 unspecified atom stereocenters. The summed E-state index contributed by atoms with van der Waals surface area (Å²) < 4.78 is 7.01. The lowest BCUT2D eigenvalue weighted by molar-refractivity contribution is 0.131. The van der Waals surface area contributed by atoms with Crippen molar-refractivity contribution < 1.29 is 9.53 Å². The minimum absolute atomic E-state index is 0.149. The van der Waals surface area contributed by atoms with Crippen molar-refractivity contribution in [2.24, 2.45) is 5.92 Å². The maximum Gasteiger partial charge on any atom is 0.407 e. The van der Waals surface area contributed by atoms with E-state index in [9.17, 15) is 9.59 Å². The van der Waals surface area contributed by atoms with Gasteiger partial charge >= 0.3 is 11.8 Å². The van der Waals surface area contributed by atoms with E-state index in [1.54, 1.807) is 10.8 Å². The molecule has 2 N–H and O–H groups in total. The second-order valence-electron chi connectivity index (χ2n) is 9.62. The molecule has 1 aromatic carbocycles. The number of nitrogens with one attached hydrogen (secondary N) is 2. The second-order valence-corrected chi connectivity index (χ2v) is 9.62. The van der Waals surface area contributed by atoms with Crippen molar-refractivity contribution in [2.75, 3.05) is 0 Å². The number of benzene rings is 1. The van der Waals surface area contributed by atoms with Gasteiger partial charge in [0.25, 0.3) is 0 Å². The molecule has 0 radical (unpaired) electrons. The van der Waals surface area contributed by atoms with Gasteiger partial charge in [0.15, 0.2) is 11.3 Å². The van der Waals surface area contributed by atoms with Crippen LogP contribution in [0.5, 0.6) is 0 Å². The molecule has 0 aliphatic heterocycles. The number of alkyl carbamates (subject to hydrolysis) is 1. The van der Waals surface area contributed by atoms with E-state index in [-0.39, 0.29) is 17.8 Å². The highest BCUT2D eigenvalue weighted by Crippen LogP contribution is 2.26. The van der Waals surface area contributed by atoms with Crippen molar-refractivity contribution in [1.82, 2.24) is 24.8 Å². The first kappa shape index (κ1) is 22.0. The van der Waals surface area contributed by atoms with Gasteiger partial charge in [0, 0.05) is 17.6 Å². The number of aromatic nitrogens is 4. The molecule has 0 atom stereocenters. The lowest BCUT2D eigenvalue weighted by atomic mass is 9.89. The number of amides is 1. The summed E-state index contributed by atoms with van der Waals surface area (Å²) in [6, 6.07) is 7.65. The molecule has 2 aromatic heterocycles. The summed E-state index contributed by atoms with van der Waals surface area (Å²) in [7, 11) is 0. The molecule has 1 aliphatic carbocycles. The zero-order valence-corrected chi connectivity index (χ0v) is 19.0. The number of nitrogens with zero attached hydrogens (tertiary/aromatic N) is 3. The van der Waals surface area contributed by atoms with E-state index in [2.05, 4.69) is 15.3 Å². The number of hydrogen-bond acceptors (Lipinski definition) is 5. The maximum absolute atomic E-state index is 12.5. The summed E-state index contributed by atoms with van der Waals surface area (Å²) in [6.07, 6.45) is 7.28. The summed E-state index contributed by atoms with van der Waals surface area (Å²) in [6.45, 7) is 6.58. The minimum Gasteiger partial charge on any atom is -0.445 e. The smallest absolute Gasteiger partial charge is 0.407 e. The Bertz CT molecular complexity index is 1140. The second kappa shape index (κ2) is 9.14. The van der Waals surface area contributed by atoms with Gasteiger partial charge in [-0.25, -0.2) is 19.6 Å². The van der Waals surface area contributed by atoms with E-state index in [4.69, 9.17) is 9.72 Å². The largest absolute Gasteiger partial charge is 0.445 e. The van der Waals surface area contributed by atoms with Gasteiger partial charge in [-0.2, -0.15) is 0 Å². The fourth-order valence-electron chi connectivity index (χ4n) is 4.12. The molecule has 32 heavy (non-hydrogen) atoms. The number of rotatable bonds is 5. The Morgan fingerprint density at radius 1 is 1.19 bits per heavy atom. The molecule has 1 fully saturated rings. The predicted octanol–water partition coefficient (Wildman–Crippen LogP) is 4.39. The van der Waals surface area contributed by atoms with Crippen molar-refractivity contribution in [3.63, 3.8) is 0 Å². The van der Waals surface area contributed by atoms with Crippen LogP contribution in [-0.2, 0) is 17.9 Å². The third kappa shape index (κ3) is 5.36. The van der Waals surface area contributed by atoms with Gasteiger partial charge in [0.1, 0.15) is 6.61 Å². The summed E-state index contributed by atoms with van der Waals surface area (Å²) in [5, 5.41) is 2.77. The van der Waals surface area contributed by atoms with Crippen LogP contribution in [0.1, 0.15) is 58.4 Å². The Kier molecular flexibility index (Phi) is 6.30. The van der Waals surface area contributed by atoms with Crippen LogP contribution in [-0.4, -0.2) is 31.2 Å². The normalized spacial score (nSPS) is 15.1. The number of hydrogen-bond donors (Lipinski definition) is 2. The third-order valence-electron chi connectivity index (χ3n) is 5.74. The van der Waals surface area contributed by atoms with Crippen LogP contribution in [0, 0.1) is 5.92 Å². The van der Waals surface area contributed by atoms with Crippen molar-refractivity contribution in [3.8, 4) is 11.3 Å². The molecule has 170 valence electrons. The Labute approximate surface area is 187 Å². The monoisotopic (exact) mass is 437 g/mol. The Morgan fingerprint density at radius 2 is 1.91 bits per heavy atom. The number of ether oxygens (including phenoxy) is 1. The van der Waals surface area contributed by atoms with Crippen LogP contribution in [0.25, 0.3) is 22.6 Å². The van der Waals surface area contributed by atoms with Crippen molar-refractivity contribution >= 4 is 17.4 Å². The van der Waals surface area contributed by atoms with Crippen molar-refractivity contribution in [2.45, 2.75) is 71.6 Å². The molecule has 2 heterocycles. The highest BCUT2D eigenvalue weighted by Gasteiger charge is 2.18. The van der Waals surface area contributed by atoms with Crippen LogP contribution < -0.4 is 11.0 Å². The third-order valence-corrected chi connectivity index (χ3v) is 5.74. The first-order valence-electron chi connectivity index (χ1n) is 11.3. The van der Waals surface area contributed by atoms with E-state index in [0.717, 1.165) is 24.0 Å². The standard InChI is InChI=1S/C24H31N5O3/c1-24(2,3)28-23(31)32-15-17-9-11-18(12-10-17)19-13-25-20-21(26-19)29(22(30)27-20)14-16-7-5-4-6-8-16/h9-13,16H,4-8,14-15H2,1-3H3,(H,28,31)(H,25,27,30). The Hall–Kier alpha value is -3.16. The number of carbonyl (C=O) groups excluding carboxylic acids is 1. The molecule has 0 spiro atoms. The number of aromatic amines is 1. The summed E-state index contributed by atoms with van der Waals surface area (Å²) in [5.74, 6) is 0.515. The lowest BCUT2D eigenvalue weighted by Gasteiger charge is -2.21. The highest BCUT2D eigenvalue weighted by atomic mass is 16.5. The molecule has 8 nitrogen and oxygen atoms in total. The fourth-order valence-corrected chi connectivity index (χ4v) is 4.12. The molecule has 1 saturated carbocycles. The molecule has 1 aliphatic rings. The van der Waals surface area contributed by atoms with Gasteiger partial charge < -0.3 is 10.1 Å². The molecule has 0 bridgehead atoms. The molecule has 3 aromatic rings. The van der Waals surface area contributed by atoms with Crippen LogP contribution >= 0.6 is 0 Å². The van der Waals surface area contributed by atoms with Gasteiger partial charge in [-0.05, 0) is 45.1 Å². The van der Waals surface area contributed by atoms with Gasteiger partial charge in [-0.3, -0.25) is 9.55 Å². The molecule has 0 saturated heterocycles. The molecular formula is C24H31N5O3. The van der Waals surface area contributed by atoms with Crippen LogP contribution in [0.15, 0.2) is 35.3 Å². The number of H-pyrrole nitrogens is 1. The average molecular weight is 438 g/mol. The van der Waals surface area contributed by atoms with E-state index >= 15 is 0 Å². The van der Waals surface area contributed by atoms with E-state index in [0.29, 0.717) is 29.5 Å². The zero-order chi connectivity index (χ0) is 22.7. The number of carbonyl (C=O) groups is 1. The first-order chi connectivity index (χ1) is 15.3. The van der Waals surface area contributed by atoms with Crippen molar-refractivity contribution in [1.29, 1.82) is 0 Å². The lowest BCUT2D eigenvalue weighted by Crippen LogP contribution is -2.40. The highest BCUT2D eigenvalue weighted by molar-refractivity contribution is 5.71. The summed E-state index contributed by atoms with van der Waals surface area (Å²) >= 11 is 0. The van der Waals surface area contributed by atoms with Crippen LogP contribution in [0.4, 0.5) is 4.79 Å². The SMILES string of the molecule is CC(C)(C)NC(=O)OCc1ccc(-c2cnc3[nH]c(=O)n(CC4CCCCC4)c3n2)cc1. The van der Waals surface area contributed by atoms with Crippen LogP contribution in [0.3, 0.4) is 0 Å². The quantitative estimate of drug-likeness (QED) is 0.616. The zero-order valence-electron chi connectivity index (χ0n) is 19.0. The van der Waals surface area contributed by atoms with Gasteiger partial charge in [-0.15, -0.1) is 0 Å². The minimum atomic E-state index is -0.443. The van der Waals surface area contributed by atoms with E-state index in [1.165, 1.54) is 19.3 Å². The van der Waals surface area contributed by atoms with Crippen LogP contribution in [0.2, 0.25) is 0 Å². The van der Waals surface area contributed by atoms with Gasteiger partial charge in [0.2, 0.25) is 0 Å². The Balaban J connectivity index is 1.49. The van der Waals surface area contributed by atoms with Gasteiger partial charge in [0.05, 0.1) is 11.9 Å². The fraction of sp³-hybridized carbons (Fsp3) is 0.500. The van der Waals surface area contributed by atoms with E-state index in [1.807, 2.05) is 45.0 Å². The predicted molar refractivity (Wildman–Crippen MR) is 123 cm³/mol. The van der Waals surface area contributed by atoms with Gasteiger partial charge in [-0.1, -0.05) is 43.5 Å². The number of imidazole rings is 1. The first-order valence-corrected chi connectivity index (χ1v) is 11.3. The topological polar surface area (TPSA) is 102 Å². The number of fused-ring (bicyclic) bond motifs is 1. The molecule has 1 amide bonds. The van der Waals surface area contributed by atoms with Crippen molar-refractivity contribution in [3.05, 3.63) is 46.5 Å². The summed E-state index contributed by atoms with van der Waals surface area (Å²) in [4.78, 5) is 36.3. The Morgan fingerprint density at radius 3 is 2.59 bits per heavy atom. The molecule has 4 rings (SSSR count).